The summed E-state index contributed by atoms with van der Waals surface area (Å²) in [6.07, 6.45) is 3.53. The first-order chi connectivity index (χ1) is 9.63. The third kappa shape index (κ3) is 4.04. The zero-order valence-corrected chi connectivity index (χ0v) is 12.0. The van der Waals surface area contributed by atoms with E-state index in [-0.39, 0.29) is 17.6 Å². The zero-order valence-electron chi connectivity index (χ0n) is 12.0. The maximum absolute atomic E-state index is 13.2. The van der Waals surface area contributed by atoms with Crippen LogP contribution < -0.4 is 5.73 Å². The predicted molar refractivity (Wildman–Crippen MR) is 77.4 cm³/mol. The molecule has 0 radical (unpaired) electrons. The van der Waals surface area contributed by atoms with Crippen LogP contribution in [0.2, 0.25) is 0 Å². The quantitative estimate of drug-likeness (QED) is 0.833. The second kappa shape index (κ2) is 6.84. The van der Waals surface area contributed by atoms with Crippen LogP contribution in [0.1, 0.15) is 38.2 Å². The van der Waals surface area contributed by atoms with Crippen molar-refractivity contribution in [3.8, 4) is 0 Å². The molecule has 1 unspecified atom stereocenters. The Morgan fingerprint density at radius 3 is 2.80 bits per heavy atom. The molecule has 1 amide bonds. The lowest BCUT2D eigenvalue weighted by Gasteiger charge is -2.24. The molecule has 0 aliphatic heterocycles. The number of halogens is 1. The SMILES string of the molecule is CCC(CN)CC(=O)N(Cc1cccc(F)c1)C1CC1. The highest BCUT2D eigenvalue weighted by Gasteiger charge is 2.33. The van der Waals surface area contributed by atoms with Gasteiger partial charge in [0.05, 0.1) is 0 Å². The number of carbonyl (C=O) groups is 1. The molecule has 0 saturated heterocycles. The van der Waals surface area contributed by atoms with E-state index < -0.39 is 0 Å². The summed E-state index contributed by atoms with van der Waals surface area (Å²) >= 11 is 0. The largest absolute Gasteiger partial charge is 0.335 e. The van der Waals surface area contributed by atoms with Crippen molar-refractivity contribution >= 4 is 5.91 Å². The zero-order chi connectivity index (χ0) is 14.5. The number of benzene rings is 1. The van der Waals surface area contributed by atoms with Gasteiger partial charge in [0.2, 0.25) is 5.91 Å². The van der Waals surface area contributed by atoms with Crippen LogP contribution in [-0.2, 0) is 11.3 Å². The summed E-state index contributed by atoms with van der Waals surface area (Å²) in [5.41, 5.74) is 6.53. The fourth-order valence-corrected chi connectivity index (χ4v) is 2.40. The van der Waals surface area contributed by atoms with E-state index in [2.05, 4.69) is 6.92 Å². The highest BCUT2D eigenvalue weighted by molar-refractivity contribution is 5.77. The molecular weight excluding hydrogens is 255 g/mol. The van der Waals surface area contributed by atoms with E-state index in [0.717, 1.165) is 24.8 Å². The summed E-state index contributed by atoms with van der Waals surface area (Å²) in [7, 11) is 0. The normalized spacial score (nSPS) is 15.9. The summed E-state index contributed by atoms with van der Waals surface area (Å²) in [5, 5.41) is 0. The minimum Gasteiger partial charge on any atom is -0.335 e. The summed E-state index contributed by atoms with van der Waals surface area (Å²) in [6, 6.07) is 6.82. The van der Waals surface area contributed by atoms with Gasteiger partial charge in [-0.3, -0.25) is 4.79 Å². The fraction of sp³-hybridized carbons (Fsp3) is 0.562. The van der Waals surface area contributed by atoms with Gasteiger partial charge >= 0.3 is 0 Å². The van der Waals surface area contributed by atoms with Crippen LogP contribution in [0.15, 0.2) is 24.3 Å². The lowest BCUT2D eigenvalue weighted by atomic mass is 10.0. The molecule has 1 aromatic carbocycles. The van der Waals surface area contributed by atoms with E-state index in [4.69, 9.17) is 5.73 Å². The second-order valence-corrected chi connectivity index (χ2v) is 5.60. The molecule has 0 bridgehead atoms. The third-order valence-corrected chi connectivity index (χ3v) is 3.92. The number of rotatable bonds is 7. The van der Waals surface area contributed by atoms with E-state index in [0.29, 0.717) is 25.6 Å². The van der Waals surface area contributed by atoms with Gasteiger partial charge in [-0.05, 0) is 43.0 Å². The van der Waals surface area contributed by atoms with Gasteiger partial charge in [0, 0.05) is 19.0 Å². The Morgan fingerprint density at radius 1 is 1.50 bits per heavy atom. The van der Waals surface area contributed by atoms with Crippen molar-refractivity contribution in [1.82, 2.24) is 4.90 Å². The topological polar surface area (TPSA) is 46.3 Å². The second-order valence-electron chi connectivity index (χ2n) is 5.60. The highest BCUT2D eigenvalue weighted by Crippen LogP contribution is 2.29. The minimum absolute atomic E-state index is 0.147. The number of nitrogens with two attached hydrogens (primary N) is 1. The minimum atomic E-state index is -0.251. The van der Waals surface area contributed by atoms with Crippen molar-refractivity contribution in [2.75, 3.05) is 6.54 Å². The molecule has 1 saturated carbocycles. The maximum Gasteiger partial charge on any atom is 0.223 e. The van der Waals surface area contributed by atoms with Crippen molar-refractivity contribution < 1.29 is 9.18 Å². The molecule has 4 heteroatoms. The Morgan fingerprint density at radius 2 is 2.25 bits per heavy atom. The Hall–Kier alpha value is -1.42. The molecule has 20 heavy (non-hydrogen) atoms. The Bertz CT molecular complexity index is 456. The number of hydrogen-bond donors (Lipinski definition) is 1. The molecule has 1 aliphatic carbocycles. The van der Waals surface area contributed by atoms with Crippen LogP contribution in [0.4, 0.5) is 4.39 Å². The molecule has 0 aromatic heterocycles. The summed E-state index contributed by atoms with van der Waals surface area (Å²) in [4.78, 5) is 14.3. The summed E-state index contributed by atoms with van der Waals surface area (Å²) < 4.78 is 13.2. The van der Waals surface area contributed by atoms with Gasteiger partial charge in [0.15, 0.2) is 0 Å². The number of hydrogen-bond acceptors (Lipinski definition) is 2. The average molecular weight is 278 g/mol. The summed E-state index contributed by atoms with van der Waals surface area (Å²) in [5.74, 6) is 0.143. The molecule has 1 aliphatic rings. The van der Waals surface area contributed by atoms with Crippen molar-refractivity contribution in [2.45, 2.75) is 45.2 Å². The van der Waals surface area contributed by atoms with Gasteiger partial charge in [-0.25, -0.2) is 4.39 Å². The fourth-order valence-electron chi connectivity index (χ4n) is 2.40. The maximum atomic E-state index is 13.2. The Labute approximate surface area is 120 Å². The van der Waals surface area contributed by atoms with E-state index >= 15 is 0 Å². The molecular formula is C16H23FN2O. The average Bonchev–Trinajstić information content (AvgIpc) is 3.26. The van der Waals surface area contributed by atoms with Gasteiger partial charge in [-0.15, -0.1) is 0 Å². The number of nitrogens with zero attached hydrogens (tertiary/aromatic N) is 1. The van der Waals surface area contributed by atoms with Crippen LogP contribution in [0.3, 0.4) is 0 Å². The van der Waals surface area contributed by atoms with Gasteiger partial charge < -0.3 is 10.6 Å². The lowest BCUT2D eigenvalue weighted by molar-refractivity contribution is -0.133. The van der Waals surface area contributed by atoms with E-state index in [1.165, 1.54) is 12.1 Å². The van der Waals surface area contributed by atoms with Crippen LogP contribution >= 0.6 is 0 Å². The first kappa shape index (κ1) is 15.0. The van der Waals surface area contributed by atoms with E-state index in [1.54, 1.807) is 6.07 Å². The first-order valence-corrected chi connectivity index (χ1v) is 7.38. The molecule has 110 valence electrons. The van der Waals surface area contributed by atoms with Crippen molar-refractivity contribution in [3.05, 3.63) is 35.6 Å². The molecule has 1 aromatic rings. The van der Waals surface area contributed by atoms with Gasteiger partial charge in [-0.2, -0.15) is 0 Å². The Balaban J connectivity index is 2.01. The van der Waals surface area contributed by atoms with Crippen LogP contribution in [-0.4, -0.2) is 23.4 Å². The molecule has 2 rings (SSSR count). The smallest absolute Gasteiger partial charge is 0.223 e. The lowest BCUT2D eigenvalue weighted by Crippen LogP contribution is -2.34. The van der Waals surface area contributed by atoms with Gasteiger partial charge in [0.25, 0.3) is 0 Å². The van der Waals surface area contributed by atoms with Gasteiger partial charge in [0.1, 0.15) is 5.82 Å². The van der Waals surface area contributed by atoms with Crippen LogP contribution in [0.25, 0.3) is 0 Å². The number of carbonyl (C=O) groups excluding carboxylic acids is 1. The monoisotopic (exact) mass is 278 g/mol. The van der Waals surface area contributed by atoms with Crippen LogP contribution in [0, 0.1) is 11.7 Å². The summed E-state index contributed by atoms with van der Waals surface area (Å²) in [6.45, 7) is 3.10. The molecule has 1 fully saturated rings. The van der Waals surface area contributed by atoms with E-state index in [9.17, 15) is 9.18 Å². The highest BCUT2D eigenvalue weighted by atomic mass is 19.1. The standard InChI is InChI=1S/C16H23FN2O/c1-2-12(10-18)9-16(20)19(15-6-7-15)11-13-4-3-5-14(17)8-13/h3-5,8,12,15H,2,6-7,9-11,18H2,1H3. The molecule has 0 heterocycles. The van der Waals surface area contributed by atoms with Crippen LogP contribution in [0.5, 0.6) is 0 Å². The molecule has 3 nitrogen and oxygen atoms in total. The first-order valence-electron chi connectivity index (χ1n) is 7.38. The van der Waals surface area contributed by atoms with Crippen molar-refractivity contribution in [2.24, 2.45) is 11.7 Å². The predicted octanol–water partition coefficient (Wildman–Crippen LogP) is 2.69. The van der Waals surface area contributed by atoms with Gasteiger partial charge in [-0.1, -0.05) is 25.5 Å². The molecule has 0 spiro atoms. The van der Waals surface area contributed by atoms with Crippen molar-refractivity contribution in [3.63, 3.8) is 0 Å². The molecule has 1 atom stereocenters. The van der Waals surface area contributed by atoms with E-state index in [1.807, 2.05) is 11.0 Å². The third-order valence-electron chi connectivity index (χ3n) is 3.92. The Kier molecular flexibility index (Phi) is 5.12. The molecule has 2 N–H and O–H groups in total. The van der Waals surface area contributed by atoms with Crippen molar-refractivity contribution in [1.29, 1.82) is 0 Å². The number of amides is 1.